The van der Waals surface area contributed by atoms with Crippen molar-refractivity contribution in [3.8, 4) is 0 Å². The van der Waals surface area contributed by atoms with Crippen LogP contribution in [0.25, 0.3) is 0 Å². The van der Waals surface area contributed by atoms with E-state index < -0.39 is 23.5 Å². The highest BCUT2D eigenvalue weighted by Gasteiger charge is 2.37. The molecule has 0 heterocycles. The first kappa shape index (κ1) is 24.8. The Labute approximate surface area is 163 Å². The summed E-state index contributed by atoms with van der Waals surface area (Å²) in [6, 6.07) is -1.19. The standard InChI is InChI=1S/C20H35N3O4/c1-10-13(2)15(22(7)8)17(24)21-16(20(4,5)6)18(25)23(9)12-11-14(3)19(26)27/h10-11,13,15-16H,1,12H2,2-9H3,(H,21,24)(H,26,27)/b14-11+. The van der Waals surface area contributed by atoms with E-state index in [1.807, 2.05) is 41.8 Å². The van der Waals surface area contributed by atoms with Gasteiger partial charge in [-0.2, -0.15) is 0 Å². The van der Waals surface area contributed by atoms with E-state index in [1.54, 1.807) is 18.0 Å². The van der Waals surface area contributed by atoms with Crippen LogP contribution < -0.4 is 5.32 Å². The summed E-state index contributed by atoms with van der Waals surface area (Å²) < 4.78 is 0. The van der Waals surface area contributed by atoms with Crippen LogP contribution in [0.15, 0.2) is 24.3 Å². The lowest BCUT2D eigenvalue weighted by atomic mass is 9.85. The van der Waals surface area contributed by atoms with Gasteiger partial charge < -0.3 is 15.3 Å². The van der Waals surface area contributed by atoms with Gasteiger partial charge in [-0.25, -0.2) is 4.79 Å². The smallest absolute Gasteiger partial charge is 0.331 e. The van der Waals surface area contributed by atoms with E-state index in [1.165, 1.54) is 17.9 Å². The molecule has 0 aromatic carbocycles. The fourth-order valence-corrected chi connectivity index (χ4v) is 2.62. The van der Waals surface area contributed by atoms with Gasteiger partial charge in [0.05, 0.1) is 6.04 Å². The third kappa shape index (κ3) is 7.54. The Kier molecular flexibility index (Phi) is 9.44. The summed E-state index contributed by atoms with van der Waals surface area (Å²) in [7, 11) is 5.21. The third-order valence-corrected chi connectivity index (χ3v) is 4.48. The number of aliphatic carboxylic acids is 1. The topological polar surface area (TPSA) is 90.0 Å². The summed E-state index contributed by atoms with van der Waals surface area (Å²) in [6.45, 7) is 12.9. The van der Waals surface area contributed by atoms with Crippen molar-refractivity contribution in [2.24, 2.45) is 11.3 Å². The van der Waals surface area contributed by atoms with E-state index in [2.05, 4.69) is 11.9 Å². The van der Waals surface area contributed by atoms with E-state index in [-0.39, 0.29) is 29.9 Å². The predicted octanol–water partition coefficient (Wildman–Crippen LogP) is 1.76. The van der Waals surface area contributed by atoms with Gasteiger partial charge in [0.15, 0.2) is 0 Å². The molecule has 2 N–H and O–H groups in total. The summed E-state index contributed by atoms with van der Waals surface area (Å²) in [4.78, 5) is 39.9. The van der Waals surface area contributed by atoms with Crippen LogP contribution in [0.2, 0.25) is 0 Å². The van der Waals surface area contributed by atoms with Gasteiger partial charge >= 0.3 is 5.97 Å². The van der Waals surface area contributed by atoms with Crippen LogP contribution in [0.3, 0.4) is 0 Å². The number of hydrogen-bond acceptors (Lipinski definition) is 4. The monoisotopic (exact) mass is 381 g/mol. The lowest BCUT2D eigenvalue weighted by Crippen LogP contribution is -2.58. The third-order valence-electron chi connectivity index (χ3n) is 4.48. The van der Waals surface area contributed by atoms with Gasteiger partial charge in [-0.1, -0.05) is 39.8 Å². The molecule has 0 radical (unpaired) electrons. The number of carbonyl (C=O) groups excluding carboxylic acids is 2. The minimum Gasteiger partial charge on any atom is -0.478 e. The maximum Gasteiger partial charge on any atom is 0.331 e. The number of carboxylic acid groups (broad SMARTS) is 1. The molecule has 0 aromatic rings. The summed E-state index contributed by atoms with van der Waals surface area (Å²) in [5.41, 5.74) is -0.348. The fraction of sp³-hybridized carbons (Fsp3) is 0.650. The summed E-state index contributed by atoms with van der Waals surface area (Å²) >= 11 is 0. The molecular weight excluding hydrogens is 346 g/mol. The van der Waals surface area contributed by atoms with E-state index >= 15 is 0 Å². The minimum atomic E-state index is -1.02. The highest BCUT2D eigenvalue weighted by molar-refractivity contribution is 5.91. The average Bonchev–Trinajstić information content (AvgIpc) is 2.54. The second-order valence-corrected chi connectivity index (χ2v) is 8.22. The van der Waals surface area contributed by atoms with Crippen molar-refractivity contribution < 1.29 is 19.5 Å². The van der Waals surface area contributed by atoms with Crippen molar-refractivity contribution in [3.05, 3.63) is 24.3 Å². The minimum absolute atomic E-state index is 0.0883. The van der Waals surface area contributed by atoms with Crippen LogP contribution in [0.4, 0.5) is 0 Å². The fourth-order valence-electron chi connectivity index (χ4n) is 2.62. The molecule has 0 saturated heterocycles. The van der Waals surface area contributed by atoms with Gasteiger partial charge in [-0.3, -0.25) is 14.5 Å². The lowest BCUT2D eigenvalue weighted by molar-refractivity contribution is -0.139. The number of amides is 2. The van der Waals surface area contributed by atoms with E-state index in [0.717, 1.165) is 0 Å². The van der Waals surface area contributed by atoms with Crippen LogP contribution in [-0.2, 0) is 14.4 Å². The van der Waals surface area contributed by atoms with Crippen molar-refractivity contribution >= 4 is 17.8 Å². The maximum absolute atomic E-state index is 12.9. The molecule has 7 heteroatoms. The first-order valence-electron chi connectivity index (χ1n) is 8.98. The molecule has 27 heavy (non-hydrogen) atoms. The molecular formula is C20H35N3O4. The predicted molar refractivity (Wildman–Crippen MR) is 107 cm³/mol. The molecule has 154 valence electrons. The van der Waals surface area contributed by atoms with Crippen molar-refractivity contribution in [2.45, 2.75) is 46.7 Å². The van der Waals surface area contributed by atoms with Crippen molar-refractivity contribution in [3.63, 3.8) is 0 Å². The quantitative estimate of drug-likeness (QED) is 0.469. The van der Waals surface area contributed by atoms with Crippen LogP contribution in [0.5, 0.6) is 0 Å². The number of hydrogen-bond donors (Lipinski definition) is 2. The van der Waals surface area contributed by atoms with Crippen LogP contribution in [-0.4, -0.2) is 72.5 Å². The molecule has 0 aliphatic carbocycles. The first-order valence-corrected chi connectivity index (χ1v) is 8.98. The molecule has 0 aromatic heterocycles. The Balaban J connectivity index is 5.48. The van der Waals surface area contributed by atoms with E-state index in [0.29, 0.717) is 0 Å². The summed E-state index contributed by atoms with van der Waals surface area (Å²) in [5.74, 6) is -1.63. The summed E-state index contributed by atoms with van der Waals surface area (Å²) in [5, 5.41) is 11.8. The molecule has 0 fully saturated rings. The second kappa shape index (κ2) is 10.3. The van der Waals surface area contributed by atoms with Gasteiger partial charge in [0, 0.05) is 19.2 Å². The van der Waals surface area contributed by atoms with Gasteiger partial charge in [0.1, 0.15) is 6.04 Å². The number of rotatable bonds is 9. The van der Waals surface area contributed by atoms with Gasteiger partial charge in [-0.05, 0) is 32.4 Å². The Bertz CT molecular complexity index is 591. The molecule has 0 saturated carbocycles. The Morgan fingerprint density at radius 2 is 1.70 bits per heavy atom. The summed E-state index contributed by atoms with van der Waals surface area (Å²) in [6.07, 6.45) is 3.19. The van der Waals surface area contributed by atoms with E-state index in [4.69, 9.17) is 5.11 Å². The zero-order valence-electron chi connectivity index (χ0n) is 17.9. The van der Waals surface area contributed by atoms with Crippen LogP contribution in [0.1, 0.15) is 34.6 Å². The van der Waals surface area contributed by atoms with E-state index in [9.17, 15) is 14.4 Å². The number of nitrogens with zero attached hydrogens (tertiary/aromatic N) is 2. The highest BCUT2D eigenvalue weighted by Crippen LogP contribution is 2.22. The number of carboxylic acids is 1. The van der Waals surface area contributed by atoms with Crippen molar-refractivity contribution in [1.29, 1.82) is 0 Å². The van der Waals surface area contributed by atoms with Gasteiger partial charge in [-0.15, -0.1) is 6.58 Å². The largest absolute Gasteiger partial charge is 0.478 e. The molecule has 0 spiro atoms. The molecule has 2 amide bonds. The van der Waals surface area contributed by atoms with Gasteiger partial charge in [0.25, 0.3) is 0 Å². The number of nitrogens with one attached hydrogen (secondary N) is 1. The lowest BCUT2D eigenvalue weighted by Gasteiger charge is -2.36. The number of carbonyl (C=O) groups is 3. The Hall–Kier alpha value is -2.15. The highest BCUT2D eigenvalue weighted by atomic mass is 16.4. The second-order valence-electron chi connectivity index (χ2n) is 8.22. The average molecular weight is 382 g/mol. The molecule has 0 aliphatic rings. The van der Waals surface area contributed by atoms with Crippen molar-refractivity contribution in [2.75, 3.05) is 27.7 Å². The van der Waals surface area contributed by atoms with Crippen LogP contribution in [0, 0.1) is 11.3 Å². The SMILES string of the molecule is C=CC(C)C(C(=O)NC(C(=O)N(C)C/C=C(\C)C(=O)O)C(C)(C)C)N(C)C. The molecule has 7 nitrogen and oxygen atoms in total. The molecule has 3 atom stereocenters. The van der Waals surface area contributed by atoms with Crippen LogP contribution >= 0.6 is 0 Å². The van der Waals surface area contributed by atoms with Crippen molar-refractivity contribution in [1.82, 2.24) is 15.1 Å². The Morgan fingerprint density at radius 1 is 1.19 bits per heavy atom. The Morgan fingerprint density at radius 3 is 2.07 bits per heavy atom. The normalized spacial score (nSPS) is 15.7. The molecule has 0 rings (SSSR count). The molecule has 3 unspecified atom stereocenters. The molecule has 0 bridgehead atoms. The zero-order chi connectivity index (χ0) is 21.5. The number of likely N-dealkylation sites (N-methyl/N-ethyl adjacent to an activating group) is 2. The molecule has 0 aliphatic heterocycles. The maximum atomic E-state index is 12.9. The van der Waals surface area contributed by atoms with Gasteiger partial charge in [0.2, 0.25) is 11.8 Å². The first-order chi connectivity index (χ1) is 12.2. The zero-order valence-corrected chi connectivity index (χ0v) is 17.9.